The van der Waals surface area contributed by atoms with Crippen LogP contribution in [0.4, 0.5) is 18.9 Å². The molecule has 1 heterocycles. The Labute approximate surface area is 118 Å². The number of alkyl halides is 3. The minimum atomic E-state index is -4.79. The van der Waals surface area contributed by atoms with Crippen LogP contribution in [0.15, 0.2) is 18.2 Å². The van der Waals surface area contributed by atoms with Gasteiger partial charge in [-0.05, 0) is 31.0 Å². The van der Waals surface area contributed by atoms with Crippen molar-refractivity contribution in [2.75, 3.05) is 11.4 Å². The second kappa shape index (κ2) is 5.27. The van der Waals surface area contributed by atoms with Crippen molar-refractivity contribution in [1.29, 1.82) is 0 Å². The summed E-state index contributed by atoms with van der Waals surface area (Å²) in [5, 5.41) is 8.84. The third-order valence-electron chi connectivity index (χ3n) is 3.45. The van der Waals surface area contributed by atoms with Gasteiger partial charge in [0.2, 0.25) is 5.91 Å². The molecule has 0 aliphatic carbocycles. The lowest BCUT2D eigenvalue weighted by molar-refractivity contribution is -0.138. The number of carboxylic acids is 1. The van der Waals surface area contributed by atoms with E-state index in [0.29, 0.717) is 19.4 Å². The maximum atomic E-state index is 13.0. The molecule has 2 rings (SSSR count). The molecule has 0 spiro atoms. The fourth-order valence-electron chi connectivity index (χ4n) is 2.50. The van der Waals surface area contributed by atoms with E-state index in [1.54, 1.807) is 0 Å². The number of aromatic carboxylic acids is 1. The van der Waals surface area contributed by atoms with Crippen LogP contribution < -0.4 is 10.6 Å². The highest BCUT2D eigenvalue weighted by atomic mass is 19.4. The number of benzene rings is 1. The summed E-state index contributed by atoms with van der Waals surface area (Å²) in [6, 6.07) is 2.25. The Bertz CT molecular complexity index is 587. The molecule has 5 nitrogen and oxygen atoms in total. The Morgan fingerprint density at radius 1 is 1.33 bits per heavy atom. The molecule has 0 radical (unpaired) electrons. The highest BCUT2D eigenvalue weighted by molar-refractivity contribution is 5.91. The van der Waals surface area contributed by atoms with Crippen LogP contribution in [0.1, 0.15) is 28.8 Å². The number of hydrogen-bond donors (Lipinski definition) is 2. The van der Waals surface area contributed by atoms with Crippen molar-refractivity contribution in [2.45, 2.75) is 25.1 Å². The van der Waals surface area contributed by atoms with Crippen LogP contribution in [0.5, 0.6) is 0 Å². The first kappa shape index (κ1) is 15.1. The van der Waals surface area contributed by atoms with Gasteiger partial charge in [0.05, 0.1) is 11.1 Å². The van der Waals surface area contributed by atoms with Crippen LogP contribution in [0.3, 0.4) is 0 Å². The lowest BCUT2D eigenvalue weighted by atomic mass is 10.0. The molecule has 1 fully saturated rings. The number of carbonyl (C=O) groups excluding carboxylic acids is 1. The van der Waals surface area contributed by atoms with Crippen LogP contribution in [0, 0.1) is 0 Å². The summed E-state index contributed by atoms with van der Waals surface area (Å²) in [4.78, 5) is 23.7. The summed E-state index contributed by atoms with van der Waals surface area (Å²) in [7, 11) is 0. The molecule has 21 heavy (non-hydrogen) atoms. The first-order valence-corrected chi connectivity index (χ1v) is 6.22. The van der Waals surface area contributed by atoms with E-state index in [9.17, 15) is 22.8 Å². The van der Waals surface area contributed by atoms with Crippen molar-refractivity contribution >= 4 is 17.6 Å². The number of nitrogens with two attached hydrogens (primary N) is 1. The van der Waals surface area contributed by atoms with Crippen molar-refractivity contribution in [3.8, 4) is 0 Å². The normalized spacial score (nSPS) is 18.8. The summed E-state index contributed by atoms with van der Waals surface area (Å²) in [6.07, 6.45) is -3.68. The Morgan fingerprint density at radius 2 is 2.00 bits per heavy atom. The summed E-state index contributed by atoms with van der Waals surface area (Å²) >= 11 is 0. The number of halogens is 3. The number of carboxylic acid groups (broad SMARTS) is 1. The first-order chi connectivity index (χ1) is 9.71. The summed E-state index contributed by atoms with van der Waals surface area (Å²) < 4.78 is 38.9. The largest absolute Gasteiger partial charge is 0.478 e. The molecule has 8 heteroatoms. The van der Waals surface area contributed by atoms with Gasteiger partial charge in [-0.3, -0.25) is 4.79 Å². The maximum absolute atomic E-state index is 13.0. The highest BCUT2D eigenvalue weighted by Crippen LogP contribution is 2.36. The first-order valence-electron chi connectivity index (χ1n) is 6.22. The van der Waals surface area contributed by atoms with E-state index < -0.39 is 35.2 Å². The SMILES string of the molecule is NC(=O)C1CCCN1c1ccc(C(=O)O)c(C(F)(F)F)c1. The second-order valence-corrected chi connectivity index (χ2v) is 4.79. The van der Waals surface area contributed by atoms with Gasteiger partial charge >= 0.3 is 12.1 Å². The number of primary amides is 1. The van der Waals surface area contributed by atoms with Crippen LogP contribution in [-0.2, 0) is 11.0 Å². The fraction of sp³-hybridized carbons (Fsp3) is 0.385. The molecule has 1 unspecified atom stereocenters. The topological polar surface area (TPSA) is 83.6 Å². The zero-order valence-corrected chi connectivity index (χ0v) is 10.9. The predicted octanol–water partition coefficient (Wildman–Crippen LogP) is 1.86. The van der Waals surface area contributed by atoms with E-state index in [4.69, 9.17) is 10.8 Å². The molecular formula is C13H13F3N2O3. The van der Waals surface area contributed by atoms with E-state index in [-0.39, 0.29) is 5.69 Å². The van der Waals surface area contributed by atoms with E-state index in [1.165, 1.54) is 11.0 Å². The minimum Gasteiger partial charge on any atom is -0.478 e. The smallest absolute Gasteiger partial charge is 0.417 e. The lowest BCUT2D eigenvalue weighted by Gasteiger charge is -2.25. The zero-order chi connectivity index (χ0) is 15.8. The summed E-state index contributed by atoms with van der Waals surface area (Å²) in [5.74, 6) is -2.26. The third-order valence-corrected chi connectivity index (χ3v) is 3.45. The summed E-state index contributed by atoms with van der Waals surface area (Å²) in [5.41, 5.74) is 3.33. The van der Waals surface area contributed by atoms with E-state index >= 15 is 0 Å². The van der Waals surface area contributed by atoms with E-state index in [1.807, 2.05) is 0 Å². The van der Waals surface area contributed by atoms with Crippen molar-refractivity contribution in [1.82, 2.24) is 0 Å². The van der Waals surface area contributed by atoms with Gasteiger partial charge in [-0.25, -0.2) is 4.79 Å². The van der Waals surface area contributed by atoms with Crippen LogP contribution in [0.25, 0.3) is 0 Å². The molecule has 1 aromatic rings. The molecular weight excluding hydrogens is 289 g/mol. The molecule has 3 N–H and O–H groups in total. The Hall–Kier alpha value is -2.25. The van der Waals surface area contributed by atoms with Gasteiger partial charge in [0.1, 0.15) is 6.04 Å². The molecule has 1 aromatic carbocycles. The number of anilines is 1. The number of amides is 1. The average Bonchev–Trinajstić information content (AvgIpc) is 2.86. The van der Waals surface area contributed by atoms with Gasteiger partial charge in [-0.15, -0.1) is 0 Å². The summed E-state index contributed by atoms with van der Waals surface area (Å²) in [6.45, 7) is 0.400. The van der Waals surface area contributed by atoms with Crippen molar-refractivity contribution < 1.29 is 27.9 Å². The van der Waals surface area contributed by atoms with E-state index in [2.05, 4.69) is 0 Å². The minimum absolute atomic E-state index is 0.147. The monoisotopic (exact) mass is 302 g/mol. The number of nitrogens with zero attached hydrogens (tertiary/aromatic N) is 1. The molecule has 1 saturated heterocycles. The predicted molar refractivity (Wildman–Crippen MR) is 68.0 cm³/mol. The molecule has 1 atom stereocenters. The van der Waals surface area contributed by atoms with Gasteiger partial charge in [-0.1, -0.05) is 0 Å². The Kier molecular flexibility index (Phi) is 3.80. The molecule has 0 aromatic heterocycles. The van der Waals surface area contributed by atoms with E-state index in [0.717, 1.165) is 12.1 Å². The van der Waals surface area contributed by atoms with Crippen molar-refractivity contribution in [3.63, 3.8) is 0 Å². The van der Waals surface area contributed by atoms with Crippen molar-refractivity contribution in [3.05, 3.63) is 29.3 Å². The zero-order valence-electron chi connectivity index (χ0n) is 10.9. The van der Waals surface area contributed by atoms with Gasteiger partial charge < -0.3 is 15.7 Å². The average molecular weight is 302 g/mol. The third kappa shape index (κ3) is 2.93. The molecule has 1 amide bonds. The quantitative estimate of drug-likeness (QED) is 0.892. The molecule has 1 aliphatic heterocycles. The molecule has 0 bridgehead atoms. The molecule has 114 valence electrons. The maximum Gasteiger partial charge on any atom is 0.417 e. The van der Waals surface area contributed by atoms with Crippen molar-refractivity contribution in [2.24, 2.45) is 5.73 Å². The van der Waals surface area contributed by atoms with Gasteiger partial charge in [-0.2, -0.15) is 13.2 Å². The molecule has 1 aliphatic rings. The van der Waals surface area contributed by atoms with Crippen LogP contribution in [-0.4, -0.2) is 29.6 Å². The second-order valence-electron chi connectivity index (χ2n) is 4.79. The standard InChI is InChI=1S/C13H13F3N2O3/c14-13(15,16)9-6-7(3-4-8(9)12(20)21)18-5-1-2-10(18)11(17)19/h3-4,6,10H,1-2,5H2,(H2,17,19)(H,20,21). The Balaban J connectivity index is 2.47. The van der Waals surface area contributed by atoms with Gasteiger partial charge in [0.15, 0.2) is 0 Å². The highest BCUT2D eigenvalue weighted by Gasteiger charge is 2.37. The fourth-order valence-corrected chi connectivity index (χ4v) is 2.50. The number of hydrogen-bond acceptors (Lipinski definition) is 3. The van der Waals surface area contributed by atoms with Crippen LogP contribution >= 0.6 is 0 Å². The lowest BCUT2D eigenvalue weighted by Crippen LogP contribution is -2.40. The van der Waals surface area contributed by atoms with Gasteiger partial charge in [0, 0.05) is 12.2 Å². The van der Waals surface area contributed by atoms with Crippen LogP contribution in [0.2, 0.25) is 0 Å². The number of carbonyl (C=O) groups is 2. The Morgan fingerprint density at radius 3 is 2.52 bits per heavy atom. The van der Waals surface area contributed by atoms with Gasteiger partial charge in [0.25, 0.3) is 0 Å². The number of rotatable bonds is 3. The molecule has 0 saturated carbocycles.